The Hall–Kier alpha value is -2.83. The van der Waals surface area contributed by atoms with E-state index >= 15 is 0 Å². The van der Waals surface area contributed by atoms with Gasteiger partial charge in [0.25, 0.3) is 5.69 Å². The van der Waals surface area contributed by atoms with Crippen molar-refractivity contribution < 1.29 is 9.72 Å². The number of carbonyl (C=O) groups excluding carboxylic acids is 1. The molecule has 0 aliphatic carbocycles. The molecule has 120 valence electrons. The largest absolute Gasteiger partial charge is 0.379 e. The third kappa shape index (κ3) is 4.84. The SMILES string of the molecule is O=CCCCCCNc1ccc(-c2ncccn2)cc1[N+](=O)[O-]. The molecular formula is C16H18N4O3. The minimum Gasteiger partial charge on any atom is -0.379 e. The lowest BCUT2D eigenvalue weighted by Gasteiger charge is -2.08. The maximum Gasteiger partial charge on any atom is 0.293 e. The molecule has 0 saturated heterocycles. The second-order valence-electron chi connectivity index (χ2n) is 5.00. The Labute approximate surface area is 133 Å². The van der Waals surface area contributed by atoms with E-state index < -0.39 is 4.92 Å². The average molecular weight is 314 g/mol. The van der Waals surface area contributed by atoms with Gasteiger partial charge in [0.05, 0.1) is 4.92 Å². The molecule has 0 unspecified atom stereocenters. The standard InChI is InChI=1S/C16H18N4O3/c21-11-4-2-1-3-8-17-14-7-6-13(12-15(14)20(22)23)16-18-9-5-10-19-16/h5-7,9-12,17H,1-4,8H2. The summed E-state index contributed by atoms with van der Waals surface area (Å²) >= 11 is 0. The smallest absolute Gasteiger partial charge is 0.293 e. The van der Waals surface area contributed by atoms with Gasteiger partial charge in [-0.3, -0.25) is 10.1 Å². The van der Waals surface area contributed by atoms with Gasteiger partial charge in [-0.05, 0) is 31.0 Å². The van der Waals surface area contributed by atoms with Crippen molar-refractivity contribution in [1.82, 2.24) is 9.97 Å². The van der Waals surface area contributed by atoms with Crippen molar-refractivity contribution in [3.63, 3.8) is 0 Å². The summed E-state index contributed by atoms with van der Waals surface area (Å²) in [5.41, 5.74) is 1.08. The van der Waals surface area contributed by atoms with Gasteiger partial charge in [-0.25, -0.2) is 9.97 Å². The Morgan fingerprint density at radius 3 is 2.65 bits per heavy atom. The zero-order valence-electron chi connectivity index (χ0n) is 12.6. The first-order valence-corrected chi connectivity index (χ1v) is 7.45. The Kier molecular flexibility index (Phi) is 6.17. The fourth-order valence-corrected chi connectivity index (χ4v) is 2.17. The van der Waals surface area contributed by atoms with Crippen molar-refractivity contribution in [2.45, 2.75) is 25.7 Å². The van der Waals surface area contributed by atoms with E-state index in [1.807, 2.05) is 0 Å². The molecule has 7 nitrogen and oxygen atoms in total. The van der Waals surface area contributed by atoms with Crippen molar-refractivity contribution in [3.05, 3.63) is 46.8 Å². The van der Waals surface area contributed by atoms with E-state index in [1.165, 1.54) is 6.07 Å². The Morgan fingerprint density at radius 1 is 1.17 bits per heavy atom. The number of carbonyl (C=O) groups is 1. The quantitative estimate of drug-likeness (QED) is 0.330. The maximum atomic E-state index is 11.3. The number of hydrogen-bond donors (Lipinski definition) is 1. The van der Waals surface area contributed by atoms with E-state index in [9.17, 15) is 14.9 Å². The van der Waals surface area contributed by atoms with Crippen LogP contribution in [0.4, 0.5) is 11.4 Å². The van der Waals surface area contributed by atoms with Gasteiger partial charge in [0.15, 0.2) is 5.82 Å². The summed E-state index contributed by atoms with van der Waals surface area (Å²) in [6, 6.07) is 6.61. The van der Waals surface area contributed by atoms with Gasteiger partial charge in [-0.15, -0.1) is 0 Å². The van der Waals surface area contributed by atoms with Crippen LogP contribution in [0, 0.1) is 10.1 Å². The molecule has 1 aromatic carbocycles. The first kappa shape index (κ1) is 16.5. The van der Waals surface area contributed by atoms with Gasteiger partial charge in [-0.2, -0.15) is 0 Å². The van der Waals surface area contributed by atoms with Crippen molar-refractivity contribution in [3.8, 4) is 11.4 Å². The predicted octanol–water partition coefficient (Wildman–Crippen LogP) is 3.22. The summed E-state index contributed by atoms with van der Waals surface area (Å²) in [5, 5.41) is 14.3. The third-order valence-corrected chi connectivity index (χ3v) is 3.33. The third-order valence-electron chi connectivity index (χ3n) is 3.33. The molecule has 2 rings (SSSR count). The molecule has 7 heteroatoms. The van der Waals surface area contributed by atoms with Crippen LogP contribution in [0.25, 0.3) is 11.4 Å². The van der Waals surface area contributed by atoms with Crippen LogP contribution in [-0.2, 0) is 4.79 Å². The van der Waals surface area contributed by atoms with Crippen molar-refractivity contribution >= 4 is 17.7 Å². The molecule has 1 aromatic heterocycles. The lowest BCUT2D eigenvalue weighted by molar-refractivity contribution is -0.383. The minimum atomic E-state index is -0.416. The molecular weight excluding hydrogens is 296 g/mol. The molecule has 2 aromatic rings. The van der Waals surface area contributed by atoms with E-state index in [2.05, 4.69) is 15.3 Å². The fourth-order valence-electron chi connectivity index (χ4n) is 2.17. The number of hydrogen-bond acceptors (Lipinski definition) is 6. The van der Waals surface area contributed by atoms with Gasteiger partial charge in [-0.1, -0.05) is 6.42 Å². The van der Waals surface area contributed by atoms with Gasteiger partial charge in [0.2, 0.25) is 0 Å². The predicted molar refractivity (Wildman–Crippen MR) is 87.1 cm³/mol. The van der Waals surface area contributed by atoms with Crippen LogP contribution < -0.4 is 5.32 Å². The topological polar surface area (TPSA) is 98.0 Å². The number of nitrogens with one attached hydrogen (secondary N) is 1. The van der Waals surface area contributed by atoms with Gasteiger partial charge in [0, 0.05) is 37.0 Å². The Balaban J connectivity index is 2.05. The number of nitrogens with zero attached hydrogens (tertiary/aromatic N) is 3. The first-order valence-electron chi connectivity index (χ1n) is 7.45. The number of nitro benzene ring substituents is 1. The maximum absolute atomic E-state index is 11.3. The second-order valence-corrected chi connectivity index (χ2v) is 5.00. The van der Waals surface area contributed by atoms with Crippen LogP contribution >= 0.6 is 0 Å². The molecule has 0 fully saturated rings. The van der Waals surface area contributed by atoms with Gasteiger partial charge in [0.1, 0.15) is 12.0 Å². The molecule has 0 bridgehead atoms. The van der Waals surface area contributed by atoms with E-state index in [-0.39, 0.29) is 5.69 Å². The zero-order chi connectivity index (χ0) is 16.5. The molecule has 0 spiro atoms. The van der Waals surface area contributed by atoms with Crippen molar-refractivity contribution in [1.29, 1.82) is 0 Å². The number of aromatic nitrogens is 2. The Morgan fingerprint density at radius 2 is 1.96 bits per heavy atom. The number of anilines is 1. The summed E-state index contributed by atoms with van der Waals surface area (Å²) in [5.74, 6) is 0.455. The molecule has 0 amide bonds. The van der Waals surface area contributed by atoms with Crippen LogP contribution in [0.2, 0.25) is 0 Å². The van der Waals surface area contributed by atoms with Crippen LogP contribution in [0.5, 0.6) is 0 Å². The second kappa shape index (κ2) is 8.57. The van der Waals surface area contributed by atoms with Crippen LogP contribution in [-0.4, -0.2) is 27.7 Å². The van der Waals surface area contributed by atoms with Crippen LogP contribution in [0.3, 0.4) is 0 Å². The zero-order valence-corrected chi connectivity index (χ0v) is 12.6. The number of aldehydes is 1. The lowest BCUT2D eigenvalue weighted by Crippen LogP contribution is -2.04. The van der Waals surface area contributed by atoms with Crippen molar-refractivity contribution in [2.24, 2.45) is 0 Å². The molecule has 0 aliphatic heterocycles. The highest BCUT2D eigenvalue weighted by Crippen LogP contribution is 2.29. The summed E-state index contributed by atoms with van der Waals surface area (Å²) in [6.07, 6.45) is 7.27. The number of unbranched alkanes of at least 4 members (excludes halogenated alkanes) is 3. The first-order chi connectivity index (χ1) is 11.2. The summed E-state index contributed by atoms with van der Waals surface area (Å²) in [7, 11) is 0. The molecule has 1 N–H and O–H groups in total. The van der Waals surface area contributed by atoms with Gasteiger partial charge < -0.3 is 10.1 Å². The molecule has 0 saturated carbocycles. The molecule has 0 radical (unpaired) electrons. The number of rotatable bonds is 9. The highest BCUT2D eigenvalue weighted by atomic mass is 16.6. The molecule has 1 heterocycles. The molecule has 23 heavy (non-hydrogen) atoms. The van der Waals surface area contributed by atoms with Crippen LogP contribution in [0.1, 0.15) is 25.7 Å². The Bertz CT molecular complexity index is 662. The average Bonchev–Trinajstić information content (AvgIpc) is 2.58. The van der Waals surface area contributed by atoms with Crippen molar-refractivity contribution in [2.75, 3.05) is 11.9 Å². The van der Waals surface area contributed by atoms with E-state index in [4.69, 9.17) is 0 Å². The van der Waals surface area contributed by atoms with E-state index in [0.29, 0.717) is 30.0 Å². The number of nitro groups is 1. The highest BCUT2D eigenvalue weighted by molar-refractivity contribution is 5.70. The normalized spacial score (nSPS) is 10.3. The lowest BCUT2D eigenvalue weighted by atomic mass is 10.1. The summed E-state index contributed by atoms with van der Waals surface area (Å²) in [4.78, 5) is 29.3. The monoisotopic (exact) mass is 314 g/mol. The highest BCUT2D eigenvalue weighted by Gasteiger charge is 2.15. The van der Waals surface area contributed by atoms with E-state index in [0.717, 1.165) is 25.5 Å². The van der Waals surface area contributed by atoms with E-state index in [1.54, 1.807) is 30.6 Å². The van der Waals surface area contributed by atoms with Crippen LogP contribution in [0.15, 0.2) is 36.7 Å². The number of benzene rings is 1. The fraction of sp³-hybridized carbons (Fsp3) is 0.312. The molecule has 0 atom stereocenters. The molecule has 0 aliphatic rings. The summed E-state index contributed by atoms with van der Waals surface area (Å²) < 4.78 is 0. The summed E-state index contributed by atoms with van der Waals surface area (Å²) in [6.45, 7) is 0.626. The van der Waals surface area contributed by atoms with Gasteiger partial charge >= 0.3 is 0 Å². The minimum absolute atomic E-state index is 0.00263.